The van der Waals surface area contributed by atoms with Crippen molar-refractivity contribution >= 4 is 33.0 Å². The van der Waals surface area contributed by atoms with Gasteiger partial charge >= 0.3 is 0 Å². The molecule has 0 spiro atoms. The molecule has 2 heterocycles. The van der Waals surface area contributed by atoms with Gasteiger partial charge in [0.25, 0.3) is 5.56 Å². The Morgan fingerprint density at radius 2 is 2.10 bits per heavy atom. The molecule has 1 unspecified atom stereocenters. The summed E-state index contributed by atoms with van der Waals surface area (Å²) in [6.07, 6.45) is 1.12. The lowest BCUT2D eigenvalue weighted by atomic mass is 10.2. The van der Waals surface area contributed by atoms with Gasteiger partial charge in [0, 0.05) is 11.1 Å². The standard InChI is InChI=1S/C12H14ClN3O3S2/c1-6-11(20-8(3)15-6)7(2)16-21(18,19)9-4-10(13)12(17)14-5-9/h4-5,7,16H,1-3H3,(H,14,17). The number of H-pyrrole nitrogens is 1. The van der Waals surface area contributed by atoms with Crippen molar-refractivity contribution in [2.75, 3.05) is 0 Å². The van der Waals surface area contributed by atoms with Gasteiger partial charge in [-0.3, -0.25) is 4.79 Å². The summed E-state index contributed by atoms with van der Waals surface area (Å²) in [5, 5.41) is 0.705. The first kappa shape index (κ1) is 16.2. The normalized spacial score (nSPS) is 13.3. The van der Waals surface area contributed by atoms with E-state index in [1.54, 1.807) is 6.92 Å². The molecule has 21 heavy (non-hydrogen) atoms. The lowest BCUT2D eigenvalue weighted by molar-refractivity contribution is 0.567. The SMILES string of the molecule is Cc1nc(C)c(C(C)NS(=O)(=O)c2c[nH]c(=O)c(Cl)c2)s1. The first-order valence-electron chi connectivity index (χ1n) is 6.05. The Bertz CT molecular complexity index is 827. The van der Waals surface area contributed by atoms with E-state index in [9.17, 15) is 13.2 Å². The smallest absolute Gasteiger partial charge is 0.266 e. The van der Waals surface area contributed by atoms with Gasteiger partial charge in [-0.25, -0.2) is 18.1 Å². The Morgan fingerprint density at radius 1 is 1.43 bits per heavy atom. The van der Waals surface area contributed by atoms with Crippen molar-refractivity contribution in [2.24, 2.45) is 0 Å². The van der Waals surface area contributed by atoms with Crippen LogP contribution in [0, 0.1) is 13.8 Å². The summed E-state index contributed by atoms with van der Waals surface area (Å²) in [4.78, 5) is 18.5. The topological polar surface area (TPSA) is 91.9 Å². The lowest BCUT2D eigenvalue weighted by Gasteiger charge is -2.13. The number of pyridine rings is 1. The average Bonchev–Trinajstić information content (AvgIpc) is 2.71. The number of aromatic amines is 1. The molecule has 114 valence electrons. The van der Waals surface area contributed by atoms with E-state index < -0.39 is 21.6 Å². The number of rotatable bonds is 4. The summed E-state index contributed by atoms with van der Waals surface area (Å²) in [6, 6.07) is 0.701. The van der Waals surface area contributed by atoms with Crippen LogP contribution in [0.15, 0.2) is 22.0 Å². The maximum Gasteiger partial charge on any atom is 0.266 e. The number of sulfonamides is 1. The van der Waals surface area contributed by atoms with Crippen molar-refractivity contribution in [3.05, 3.63) is 43.2 Å². The average molecular weight is 348 g/mol. The molecular formula is C12H14ClN3O3S2. The second-order valence-electron chi connectivity index (χ2n) is 4.54. The van der Waals surface area contributed by atoms with Crippen LogP contribution in [0.3, 0.4) is 0 Å². The fraction of sp³-hybridized carbons (Fsp3) is 0.333. The van der Waals surface area contributed by atoms with Crippen LogP contribution in [-0.2, 0) is 10.0 Å². The van der Waals surface area contributed by atoms with Crippen molar-refractivity contribution < 1.29 is 8.42 Å². The Kier molecular flexibility index (Phi) is 4.52. The minimum Gasteiger partial charge on any atom is -0.326 e. The summed E-state index contributed by atoms with van der Waals surface area (Å²) in [6.45, 7) is 5.44. The monoisotopic (exact) mass is 347 g/mol. The molecule has 6 nitrogen and oxygen atoms in total. The highest BCUT2D eigenvalue weighted by Crippen LogP contribution is 2.26. The maximum absolute atomic E-state index is 12.3. The molecule has 0 aliphatic rings. The third-order valence-electron chi connectivity index (χ3n) is 2.81. The van der Waals surface area contributed by atoms with E-state index in [0.717, 1.165) is 27.8 Å². The highest BCUT2D eigenvalue weighted by molar-refractivity contribution is 7.89. The molecule has 0 fully saturated rings. The number of hydrogen-bond acceptors (Lipinski definition) is 5. The van der Waals surface area contributed by atoms with E-state index in [0.29, 0.717) is 0 Å². The Balaban J connectivity index is 2.30. The highest BCUT2D eigenvalue weighted by atomic mass is 35.5. The molecule has 2 aromatic heterocycles. The number of nitrogens with one attached hydrogen (secondary N) is 2. The molecule has 2 aromatic rings. The zero-order valence-electron chi connectivity index (χ0n) is 11.6. The van der Waals surface area contributed by atoms with Gasteiger partial charge < -0.3 is 4.98 Å². The van der Waals surface area contributed by atoms with E-state index in [1.807, 2.05) is 13.8 Å². The molecule has 0 bridgehead atoms. The number of hydrogen-bond donors (Lipinski definition) is 2. The molecule has 0 saturated heterocycles. The summed E-state index contributed by atoms with van der Waals surface area (Å²) in [5.74, 6) is 0. The van der Waals surface area contributed by atoms with E-state index >= 15 is 0 Å². The van der Waals surface area contributed by atoms with Crippen molar-refractivity contribution in [2.45, 2.75) is 31.7 Å². The molecule has 0 aliphatic carbocycles. The predicted octanol–water partition coefficient (Wildman–Crippen LogP) is 2.14. The van der Waals surface area contributed by atoms with Crippen LogP contribution in [0.25, 0.3) is 0 Å². The van der Waals surface area contributed by atoms with Crippen molar-refractivity contribution in [1.29, 1.82) is 0 Å². The lowest BCUT2D eigenvalue weighted by Crippen LogP contribution is -2.27. The fourth-order valence-electron chi connectivity index (χ4n) is 1.90. The molecular weight excluding hydrogens is 334 g/mol. The molecule has 0 amide bonds. The van der Waals surface area contributed by atoms with Gasteiger partial charge in [0.15, 0.2) is 0 Å². The van der Waals surface area contributed by atoms with Crippen LogP contribution in [0.2, 0.25) is 5.02 Å². The minimum atomic E-state index is -3.78. The first-order valence-corrected chi connectivity index (χ1v) is 8.73. The molecule has 9 heteroatoms. The van der Waals surface area contributed by atoms with Crippen molar-refractivity contribution in [3.8, 4) is 0 Å². The van der Waals surface area contributed by atoms with Crippen LogP contribution in [0.1, 0.15) is 28.5 Å². The Hall–Kier alpha value is -1.22. The van der Waals surface area contributed by atoms with Crippen LogP contribution in [0.4, 0.5) is 0 Å². The zero-order chi connectivity index (χ0) is 15.8. The van der Waals surface area contributed by atoms with Gasteiger partial charge in [0.1, 0.15) is 5.02 Å². The molecule has 2 rings (SSSR count). The number of thiazole rings is 1. The van der Waals surface area contributed by atoms with Crippen LogP contribution < -0.4 is 10.3 Å². The summed E-state index contributed by atoms with van der Waals surface area (Å²) in [5.41, 5.74) is 0.268. The van der Waals surface area contributed by atoms with E-state index in [1.165, 1.54) is 11.3 Å². The van der Waals surface area contributed by atoms with Gasteiger partial charge in [-0.1, -0.05) is 11.6 Å². The minimum absolute atomic E-state index is 0.0853. The quantitative estimate of drug-likeness (QED) is 0.886. The van der Waals surface area contributed by atoms with Gasteiger partial charge in [0.2, 0.25) is 10.0 Å². The highest BCUT2D eigenvalue weighted by Gasteiger charge is 2.22. The number of nitrogens with zero attached hydrogens (tertiary/aromatic N) is 1. The largest absolute Gasteiger partial charge is 0.326 e. The second kappa shape index (κ2) is 5.88. The van der Waals surface area contributed by atoms with Gasteiger partial charge in [-0.2, -0.15) is 0 Å². The number of halogens is 1. The number of aromatic nitrogens is 2. The number of aryl methyl sites for hydroxylation is 2. The van der Waals surface area contributed by atoms with Gasteiger partial charge in [-0.05, 0) is 26.8 Å². The fourth-order valence-corrected chi connectivity index (χ4v) is 4.34. The van der Waals surface area contributed by atoms with E-state index in [-0.39, 0.29) is 9.92 Å². The van der Waals surface area contributed by atoms with Crippen LogP contribution >= 0.6 is 22.9 Å². The third kappa shape index (κ3) is 3.52. The van der Waals surface area contributed by atoms with Crippen molar-refractivity contribution in [3.63, 3.8) is 0 Å². The molecule has 0 aromatic carbocycles. The molecule has 2 N–H and O–H groups in total. The Morgan fingerprint density at radius 3 is 2.62 bits per heavy atom. The zero-order valence-corrected chi connectivity index (χ0v) is 14.0. The Labute approximate surface area is 131 Å². The summed E-state index contributed by atoms with van der Waals surface area (Å²) >= 11 is 7.10. The third-order valence-corrected chi connectivity index (χ3v) is 5.86. The van der Waals surface area contributed by atoms with Gasteiger partial charge in [0.05, 0.1) is 21.6 Å². The predicted molar refractivity (Wildman–Crippen MR) is 82.4 cm³/mol. The van der Waals surface area contributed by atoms with Crippen LogP contribution in [-0.4, -0.2) is 18.4 Å². The maximum atomic E-state index is 12.3. The second-order valence-corrected chi connectivity index (χ2v) is 7.89. The summed E-state index contributed by atoms with van der Waals surface area (Å²) < 4.78 is 27.1. The molecule has 0 aliphatic heterocycles. The molecule has 0 saturated carbocycles. The van der Waals surface area contributed by atoms with E-state index in [2.05, 4.69) is 14.7 Å². The first-order chi connectivity index (χ1) is 9.70. The van der Waals surface area contributed by atoms with Gasteiger partial charge in [-0.15, -0.1) is 11.3 Å². The summed E-state index contributed by atoms with van der Waals surface area (Å²) in [7, 11) is -3.78. The molecule has 1 atom stereocenters. The van der Waals surface area contributed by atoms with Crippen LogP contribution in [0.5, 0.6) is 0 Å². The van der Waals surface area contributed by atoms with Crippen molar-refractivity contribution in [1.82, 2.24) is 14.7 Å². The molecule has 0 radical (unpaired) electrons. The van der Waals surface area contributed by atoms with E-state index in [4.69, 9.17) is 11.6 Å².